The van der Waals surface area contributed by atoms with Crippen LogP contribution in [0.2, 0.25) is 5.02 Å². The number of aromatic nitrogens is 1. The van der Waals surface area contributed by atoms with E-state index in [2.05, 4.69) is 9.88 Å². The Balaban J connectivity index is 1.52. The zero-order valence-electron chi connectivity index (χ0n) is 16.8. The summed E-state index contributed by atoms with van der Waals surface area (Å²) in [5.41, 5.74) is 2.77. The second-order valence-electron chi connectivity index (χ2n) is 7.42. The lowest BCUT2D eigenvalue weighted by molar-refractivity contribution is 0.103. The molecule has 0 spiro atoms. The molecule has 7 heteroatoms. The SMILES string of the molecule is O=C(c1ccc(F)cc1)c1ccc(N2CC[C@H](Oc3ncccc3Cl)C2)c(CCO)c1. The Morgan fingerprint density at radius 3 is 2.71 bits per heavy atom. The van der Waals surface area contributed by atoms with E-state index in [0.29, 0.717) is 35.0 Å². The third kappa shape index (κ3) is 4.86. The molecule has 4 rings (SSSR count). The highest BCUT2D eigenvalue weighted by Crippen LogP contribution is 2.30. The number of halogens is 2. The Kier molecular flexibility index (Phi) is 6.49. The van der Waals surface area contributed by atoms with Crippen molar-refractivity contribution in [2.75, 3.05) is 24.6 Å². The molecule has 160 valence electrons. The van der Waals surface area contributed by atoms with Gasteiger partial charge in [-0.2, -0.15) is 0 Å². The molecule has 5 nitrogen and oxygen atoms in total. The Labute approximate surface area is 185 Å². The normalized spacial score (nSPS) is 15.8. The maximum atomic E-state index is 13.2. The topological polar surface area (TPSA) is 62.7 Å². The fraction of sp³-hybridized carbons (Fsp3) is 0.250. The van der Waals surface area contributed by atoms with E-state index >= 15 is 0 Å². The quantitative estimate of drug-likeness (QED) is 0.555. The van der Waals surface area contributed by atoms with Crippen molar-refractivity contribution in [3.63, 3.8) is 0 Å². The molecular formula is C24H22ClFN2O3. The van der Waals surface area contributed by atoms with Crippen LogP contribution in [0.4, 0.5) is 10.1 Å². The van der Waals surface area contributed by atoms with Crippen LogP contribution in [0.3, 0.4) is 0 Å². The Hall–Kier alpha value is -2.96. The summed E-state index contributed by atoms with van der Waals surface area (Å²) in [7, 11) is 0. The lowest BCUT2D eigenvalue weighted by atomic mass is 9.98. The monoisotopic (exact) mass is 440 g/mol. The first kappa shape index (κ1) is 21.3. The molecule has 1 aromatic heterocycles. The molecule has 31 heavy (non-hydrogen) atoms. The van der Waals surface area contributed by atoms with Gasteiger partial charge in [0.15, 0.2) is 5.78 Å². The van der Waals surface area contributed by atoms with E-state index in [1.54, 1.807) is 30.5 Å². The molecule has 0 saturated carbocycles. The minimum atomic E-state index is -0.384. The predicted molar refractivity (Wildman–Crippen MR) is 118 cm³/mol. The maximum absolute atomic E-state index is 13.2. The van der Waals surface area contributed by atoms with E-state index < -0.39 is 0 Å². The lowest BCUT2D eigenvalue weighted by Gasteiger charge is -2.23. The van der Waals surface area contributed by atoms with Crippen molar-refractivity contribution in [3.05, 3.63) is 88.3 Å². The largest absolute Gasteiger partial charge is 0.471 e. The number of hydrogen-bond donors (Lipinski definition) is 1. The number of aliphatic hydroxyl groups excluding tert-OH is 1. The van der Waals surface area contributed by atoms with Gasteiger partial charge in [-0.15, -0.1) is 0 Å². The summed E-state index contributed by atoms with van der Waals surface area (Å²) in [5, 5.41) is 10.0. The number of pyridine rings is 1. The predicted octanol–water partition coefficient (Wildman–Crippen LogP) is 4.30. The Bertz CT molecular complexity index is 1070. The van der Waals surface area contributed by atoms with Gasteiger partial charge in [0.1, 0.15) is 16.9 Å². The number of aliphatic hydroxyl groups is 1. The van der Waals surface area contributed by atoms with Crippen LogP contribution in [0.15, 0.2) is 60.8 Å². The summed E-state index contributed by atoms with van der Waals surface area (Å²) >= 11 is 6.15. The first-order chi connectivity index (χ1) is 15.0. The van der Waals surface area contributed by atoms with Crippen molar-refractivity contribution in [2.45, 2.75) is 18.9 Å². The van der Waals surface area contributed by atoms with Gasteiger partial charge >= 0.3 is 0 Å². The number of carbonyl (C=O) groups excluding carboxylic acids is 1. The molecule has 1 N–H and O–H groups in total. The summed E-state index contributed by atoms with van der Waals surface area (Å²) < 4.78 is 19.1. The van der Waals surface area contributed by atoms with Gasteiger partial charge in [-0.3, -0.25) is 4.79 Å². The summed E-state index contributed by atoms with van der Waals surface area (Å²) in [6.45, 7) is 1.40. The number of ether oxygens (including phenoxy) is 1. The van der Waals surface area contributed by atoms with Crippen molar-refractivity contribution in [1.29, 1.82) is 0 Å². The fourth-order valence-electron chi connectivity index (χ4n) is 3.78. The van der Waals surface area contributed by atoms with Crippen LogP contribution in [-0.4, -0.2) is 41.7 Å². The summed E-state index contributed by atoms with van der Waals surface area (Å²) in [6, 6.07) is 14.5. The number of benzene rings is 2. The summed E-state index contributed by atoms with van der Waals surface area (Å²) in [4.78, 5) is 19.2. The van der Waals surface area contributed by atoms with Crippen LogP contribution in [0.5, 0.6) is 5.88 Å². The average molecular weight is 441 g/mol. The van der Waals surface area contributed by atoms with Gasteiger partial charge in [0.05, 0.1) is 6.54 Å². The van der Waals surface area contributed by atoms with Gasteiger partial charge in [0.2, 0.25) is 5.88 Å². The maximum Gasteiger partial charge on any atom is 0.232 e. The highest BCUT2D eigenvalue weighted by atomic mass is 35.5. The Morgan fingerprint density at radius 2 is 1.97 bits per heavy atom. The molecule has 3 aromatic rings. The first-order valence-corrected chi connectivity index (χ1v) is 10.5. The molecule has 0 amide bonds. The van der Waals surface area contributed by atoms with E-state index in [1.807, 2.05) is 6.07 Å². The minimum absolute atomic E-state index is 0.0293. The molecule has 0 aliphatic carbocycles. The zero-order valence-corrected chi connectivity index (χ0v) is 17.6. The van der Waals surface area contributed by atoms with Gasteiger partial charge in [-0.05, 0) is 66.6 Å². The van der Waals surface area contributed by atoms with Crippen LogP contribution in [0, 0.1) is 5.82 Å². The van der Waals surface area contributed by atoms with Crippen LogP contribution >= 0.6 is 11.6 Å². The number of hydrogen-bond acceptors (Lipinski definition) is 5. The van der Waals surface area contributed by atoms with Gasteiger partial charge < -0.3 is 14.7 Å². The molecule has 1 fully saturated rings. The smallest absolute Gasteiger partial charge is 0.232 e. The van der Waals surface area contributed by atoms with Gasteiger partial charge in [0.25, 0.3) is 0 Å². The van der Waals surface area contributed by atoms with Gasteiger partial charge in [0, 0.05) is 42.6 Å². The van der Waals surface area contributed by atoms with E-state index in [9.17, 15) is 14.3 Å². The highest BCUT2D eigenvalue weighted by molar-refractivity contribution is 6.31. The van der Waals surface area contributed by atoms with Crippen molar-refractivity contribution in [3.8, 4) is 5.88 Å². The van der Waals surface area contributed by atoms with Crippen LogP contribution < -0.4 is 9.64 Å². The molecule has 0 radical (unpaired) electrons. The van der Waals surface area contributed by atoms with Crippen molar-refractivity contribution < 1.29 is 19.0 Å². The van der Waals surface area contributed by atoms with Crippen molar-refractivity contribution >= 4 is 23.1 Å². The number of anilines is 1. The second kappa shape index (κ2) is 9.45. The molecule has 1 aliphatic heterocycles. The van der Waals surface area contributed by atoms with E-state index in [0.717, 1.165) is 24.2 Å². The van der Waals surface area contributed by atoms with E-state index in [4.69, 9.17) is 16.3 Å². The van der Waals surface area contributed by atoms with Crippen LogP contribution in [-0.2, 0) is 6.42 Å². The van der Waals surface area contributed by atoms with E-state index in [1.165, 1.54) is 24.3 Å². The highest BCUT2D eigenvalue weighted by Gasteiger charge is 2.27. The molecule has 2 heterocycles. The van der Waals surface area contributed by atoms with Gasteiger partial charge in [-0.25, -0.2) is 9.37 Å². The minimum Gasteiger partial charge on any atom is -0.471 e. The average Bonchev–Trinajstić information content (AvgIpc) is 3.24. The van der Waals surface area contributed by atoms with Crippen LogP contribution in [0.25, 0.3) is 0 Å². The standard InChI is InChI=1S/C24H22ClFN2O3/c25-21-2-1-11-27-24(21)31-20-9-12-28(15-20)22-8-5-18(14-17(22)10-13-29)23(30)16-3-6-19(26)7-4-16/h1-8,11,14,20,29H,9-10,12-13,15H2/t20-/m0/s1. The third-order valence-electron chi connectivity index (χ3n) is 5.32. The second-order valence-corrected chi connectivity index (χ2v) is 7.83. The number of nitrogens with zero attached hydrogens (tertiary/aromatic N) is 2. The zero-order chi connectivity index (χ0) is 21.8. The lowest BCUT2D eigenvalue weighted by Crippen LogP contribution is -2.26. The first-order valence-electron chi connectivity index (χ1n) is 10.1. The molecular weight excluding hydrogens is 419 g/mol. The molecule has 0 bridgehead atoms. The Morgan fingerprint density at radius 1 is 1.19 bits per heavy atom. The number of rotatable bonds is 7. The van der Waals surface area contributed by atoms with Crippen LogP contribution in [0.1, 0.15) is 27.9 Å². The number of ketones is 1. The third-order valence-corrected chi connectivity index (χ3v) is 5.61. The summed E-state index contributed by atoms with van der Waals surface area (Å²) in [6.07, 6.45) is 2.81. The van der Waals surface area contributed by atoms with Gasteiger partial charge in [-0.1, -0.05) is 11.6 Å². The van der Waals surface area contributed by atoms with Crippen molar-refractivity contribution in [1.82, 2.24) is 4.98 Å². The molecule has 1 aliphatic rings. The van der Waals surface area contributed by atoms with E-state index in [-0.39, 0.29) is 24.3 Å². The molecule has 1 atom stereocenters. The molecule has 1 saturated heterocycles. The van der Waals surface area contributed by atoms with Crippen molar-refractivity contribution in [2.24, 2.45) is 0 Å². The molecule has 2 aromatic carbocycles. The number of carbonyl (C=O) groups is 1. The molecule has 0 unspecified atom stereocenters. The summed E-state index contributed by atoms with van der Waals surface area (Å²) in [5.74, 6) is -0.143. The fourth-order valence-corrected chi connectivity index (χ4v) is 3.95.